The number of carbonyl (C=O) groups excluding carboxylic acids is 5. The summed E-state index contributed by atoms with van der Waals surface area (Å²) in [5.74, 6) is -4.60. The Labute approximate surface area is 485 Å². The monoisotopic (exact) mass is 1170 g/mol. The predicted molar refractivity (Wildman–Crippen MR) is 302 cm³/mol. The summed E-state index contributed by atoms with van der Waals surface area (Å²) in [5, 5.41) is 62.1. The fraction of sp³-hybridized carbons (Fsp3) is 0.542. The first-order valence-corrected chi connectivity index (χ1v) is 29.7. The minimum Gasteiger partial charge on any atom is -0.508 e. The van der Waals surface area contributed by atoms with Crippen LogP contribution in [-0.4, -0.2) is 183 Å². The number of aromatic hydroxyl groups is 2. The van der Waals surface area contributed by atoms with Gasteiger partial charge in [0.05, 0.1) is 36.0 Å². The molecule has 0 radical (unpaired) electrons. The number of hydrogen-bond acceptors (Lipinski definition) is 14. The third-order valence-electron chi connectivity index (χ3n) is 17.1. The Balaban J connectivity index is 0.862. The first kappa shape index (κ1) is 61.6. The highest BCUT2D eigenvalue weighted by atomic mass is 32.1. The third kappa shape index (κ3) is 14.6. The number of rotatable bonds is 30. The molecule has 5 aliphatic heterocycles. The highest BCUT2D eigenvalue weighted by molar-refractivity contribution is 7.66. The molecule has 0 aliphatic carbocycles. The van der Waals surface area contributed by atoms with Crippen molar-refractivity contribution in [2.24, 2.45) is 15.3 Å². The van der Waals surface area contributed by atoms with Crippen LogP contribution in [0.1, 0.15) is 130 Å². The Morgan fingerprint density at radius 2 is 1.28 bits per heavy atom. The van der Waals surface area contributed by atoms with Crippen LogP contribution in [0.2, 0.25) is 0 Å². The number of esters is 1. The Morgan fingerprint density at radius 3 is 1.88 bits per heavy atom. The smallest absolute Gasteiger partial charge is 0.359 e. The molecule has 3 saturated heterocycles. The van der Waals surface area contributed by atoms with Crippen LogP contribution in [0.15, 0.2) is 64.0 Å². The normalized spacial score (nSPS) is 22.5. The molecule has 5 aliphatic rings. The summed E-state index contributed by atoms with van der Waals surface area (Å²) < 4.78 is 17.0. The van der Waals surface area contributed by atoms with Crippen molar-refractivity contribution >= 4 is 69.9 Å². The van der Waals surface area contributed by atoms with Crippen molar-refractivity contribution in [3.8, 4) is 23.0 Å². The summed E-state index contributed by atoms with van der Waals surface area (Å²) in [6.45, 7) is 2.55. The fourth-order valence-corrected chi connectivity index (χ4v) is 13.9. The molecule has 3 amide bonds. The van der Waals surface area contributed by atoms with E-state index in [2.05, 4.69) is 30.5 Å². The van der Waals surface area contributed by atoms with Gasteiger partial charge in [0.25, 0.3) is 5.91 Å². The summed E-state index contributed by atoms with van der Waals surface area (Å²) in [7, 11) is 0. The zero-order chi connectivity index (χ0) is 59.2. The van der Waals surface area contributed by atoms with Gasteiger partial charge in [-0.05, 0) is 74.4 Å². The highest BCUT2D eigenvalue weighted by Gasteiger charge is 2.73. The van der Waals surface area contributed by atoms with Crippen molar-refractivity contribution in [1.29, 1.82) is 0 Å². The molecule has 23 nitrogen and oxygen atoms in total. The van der Waals surface area contributed by atoms with E-state index >= 15 is 0 Å². The average Bonchev–Trinajstić information content (AvgIpc) is 1.67. The lowest BCUT2D eigenvalue weighted by Crippen LogP contribution is -2.74. The second kappa shape index (κ2) is 27.7. The zero-order valence-electron chi connectivity index (χ0n) is 46.8. The summed E-state index contributed by atoms with van der Waals surface area (Å²) >= 11 is 0.990. The summed E-state index contributed by atoms with van der Waals surface area (Å²) in [6.07, 6.45) is 11.0. The van der Waals surface area contributed by atoms with Crippen LogP contribution in [-0.2, 0) is 55.0 Å². The lowest BCUT2D eigenvalue weighted by Gasteiger charge is -2.48. The quantitative estimate of drug-likeness (QED) is 0.0105. The summed E-state index contributed by atoms with van der Waals surface area (Å²) in [4.78, 5) is 106. The van der Waals surface area contributed by atoms with E-state index in [0.717, 1.165) is 68.8 Å². The first-order chi connectivity index (χ1) is 39.9. The van der Waals surface area contributed by atoms with Crippen LogP contribution in [0.5, 0.6) is 23.0 Å². The second-order valence-corrected chi connectivity index (χ2v) is 23.5. The number of nitrogens with one attached hydrogen (secondary N) is 3. The number of nitrogens with zero attached hydrogens (tertiary/aromatic N) is 5. The predicted octanol–water partition coefficient (Wildman–Crippen LogP) is 5.27. The number of unbranched alkanes of at least 4 members (excludes halogenated alkanes) is 9. The number of ether oxygens (including phenoxy) is 2. The Bertz CT molecular complexity index is 2960. The average molecular weight is 1170 g/mol. The van der Waals surface area contributed by atoms with Gasteiger partial charge in [-0.15, -0.1) is 0 Å². The van der Waals surface area contributed by atoms with E-state index in [1.165, 1.54) is 24.3 Å². The molecule has 5 heterocycles. The van der Waals surface area contributed by atoms with E-state index in [0.29, 0.717) is 113 Å². The van der Waals surface area contributed by atoms with Gasteiger partial charge in [0.1, 0.15) is 61.5 Å². The summed E-state index contributed by atoms with van der Waals surface area (Å²) in [5.41, 5.74) is 0.818. The van der Waals surface area contributed by atoms with Gasteiger partial charge < -0.3 is 55.8 Å². The maximum Gasteiger partial charge on any atom is 0.359 e. The molecule has 3 aromatic carbocycles. The number of hydrogen-bond donors (Lipinski definition) is 8. The lowest BCUT2D eigenvalue weighted by atomic mass is 9.77. The molecule has 3 unspecified atom stereocenters. The number of carboxylic acids is 3. The topological polar surface area (TPSA) is 317 Å². The van der Waals surface area contributed by atoms with E-state index in [1.54, 1.807) is 30.3 Å². The minimum atomic E-state index is -1.41. The second-order valence-electron chi connectivity index (χ2n) is 22.8. The van der Waals surface area contributed by atoms with Gasteiger partial charge in [-0.3, -0.25) is 19.2 Å². The number of aldehydes is 1. The van der Waals surface area contributed by atoms with Crippen molar-refractivity contribution in [3.05, 3.63) is 76.9 Å². The van der Waals surface area contributed by atoms with Crippen LogP contribution in [0.25, 0.3) is 0 Å². The van der Waals surface area contributed by atoms with Crippen LogP contribution in [0.4, 0.5) is 5.69 Å². The van der Waals surface area contributed by atoms with E-state index in [4.69, 9.17) is 9.47 Å². The molecule has 3 atom stereocenters. The largest absolute Gasteiger partial charge is 0.508 e. The maximum absolute atomic E-state index is 13.9. The molecular formula is C59H77N8O15S+3. The van der Waals surface area contributed by atoms with Gasteiger partial charge in [-0.1, -0.05) is 44.6 Å². The molecular weight excluding hydrogens is 1090 g/mol. The molecule has 3 aromatic rings. The number of carboxylic acid groups (broad SMARTS) is 3. The van der Waals surface area contributed by atoms with Crippen LogP contribution >= 0.6 is 0 Å². The molecule has 0 saturated carbocycles. The molecule has 0 bridgehead atoms. The number of benzene rings is 3. The van der Waals surface area contributed by atoms with E-state index < -0.39 is 47.7 Å². The first-order valence-electron chi connectivity index (χ1n) is 28.9. The Morgan fingerprint density at radius 1 is 0.687 bits per heavy atom. The number of phenols is 2. The van der Waals surface area contributed by atoms with Gasteiger partial charge in [-0.25, -0.2) is 32.2 Å². The van der Waals surface area contributed by atoms with Crippen LogP contribution in [0.3, 0.4) is 0 Å². The van der Waals surface area contributed by atoms with Gasteiger partial charge in [-0.2, -0.15) is 4.99 Å². The minimum absolute atomic E-state index is 0.0386. The molecule has 24 heteroatoms. The number of aliphatic imine (C=N–C) groups is 1. The zero-order valence-corrected chi connectivity index (χ0v) is 47.6. The number of phenolic OH excluding ortho intramolecular Hbond substituents is 2. The fourth-order valence-electron chi connectivity index (χ4n) is 13.5. The van der Waals surface area contributed by atoms with Crippen molar-refractivity contribution in [1.82, 2.24) is 16.0 Å². The molecule has 1 spiro atoms. The van der Waals surface area contributed by atoms with E-state index in [1.807, 2.05) is 0 Å². The molecule has 83 heavy (non-hydrogen) atoms. The van der Waals surface area contributed by atoms with Crippen molar-refractivity contribution in [3.63, 3.8) is 0 Å². The van der Waals surface area contributed by atoms with Crippen LogP contribution < -0.4 is 20.7 Å². The standard InChI is InChI=1S/C59H74N8O15S/c68-31-11-7-5-3-1-2-4-6-9-22-61-56(79)48(64-51(71)19-24-60-52(72)36-67-29-27-65(37-54(75)76)25-20-40(32-53(73)74)21-26-66(28-30-67,58(65)67)38-55(77)78)12-8-10-23-63-83-39-62-41-13-16-45-44(33-41)57(80)82-59(45)46-17-14-42(69)34-49(46)81-50-35-43(70)15-18-47(50)59/h13-18,31,33-35,40,48,58H,1-12,19-30,32,36-38H2,(H5-3,60,61,64,69,70,71,72,73,74,75,76,77,78,79)/p+3. The van der Waals surface area contributed by atoms with E-state index in [9.17, 15) is 63.9 Å². The highest BCUT2D eigenvalue weighted by Crippen LogP contribution is 2.57. The van der Waals surface area contributed by atoms with Gasteiger partial charge >= 0.3 is 30.2 Å². The number of fused-ring (bicyclic) bond motifs is 6. The Kier molecular flexibility index (Phi) is 20.6. The lowest BCUT2D eigenvalue weighted by molar-refractivity contribution is -1.22. The van der Waals surface area contributed by atoms with Gasteiger partial charge in [0.15, 0.2) is 25.2 Å². The van der Waals surface area contributed by atoms with Crippen molar-refractivity contribution in [2.45, 2.75) is 121 Å². The van der Waals surface area contributed by atoms with Crippen molar-refractivity contribution < 1.29 is 86.8 Å². The number of amides is 3. The number of isothiocyanates is 1. The number of quaternary nitrogens is 3. The molecule has 8 rings (SSSR count). The van der Waals surface area contributed by atoms with E-state index in [-0.39, 0.29) is 98.8 Å². The van der Waals surface area contributed by atoms with Crippen LogP contribution in [0, 0.1) is 5.92 Å². The molecule has 0 aromatic heterocycles. The molecule has 446 valence electrons. The van der Waals surface area contributed by atoms with Gasteiger partial charge in [0, 0.05) is 85.2 Å². The summed E-state index contributed by atoms with van der Waals surface area (Å²) in [6, 6.07) is 13.3. The SMILES string of the molecule is O=CCCCCCCCCCCNC(=O)C(CCCCN=S=C=Nc1ccc2c(c1)C(=O)OC21c2ccc(O)cc2Oc2cc(O)ccc21)NC(=O)CCNC(=O)C[N+]12CC[N+]3(CC(=O)O)CCC(CC(=O)O)CC[N+](CC(=O)O)(CC1)C32. The number of carbonyl (C=O) groups is 8. The van der Waals surface area contributed by atoms with Crippen molar-refractivity contribution in [2.75, 3.05) is 78.5 Å². The van der Waals surface area contributed by atoms with Gasteiger partial charge in [0.2, 0.25) is 11.8 Å². The molecule has 8 N–H and O–H groups in total. The molecule has 3 fully saturated rings. The Hall–Kier alpha value is -7.50. The third-order valence-corrected chi connectivity index (χ3v) is 17.6. The maximum atomic E-state index is 13.9. The number of aliphatic carboxylic acids is 3.